The van der Waals surface area contributed by atoms with Crippen molar-refractivity contribution >= 4 is 29.0 Å². The number of aromatic nitrogens is 2. The summed E-state index contributed by atoms with van der Waals surface area (Å²) in [6.07, 6.45) is -4.55. The fourth-order valence-corrected chi connectivity index (χ4v) is 3.85. The molecule has 0 saturated heterocycles. The van der Waals surface area contributed by atoms with Crippen LogP contribution in [0.4, 0.5) is 13.2 Å². The molecule has 0 saturated carbocycles. The largest absolute Gasteiger partial charge is 0.416 e. The molecule has 3 aromatic carbocycles. The maximum atomic E-state index is 13.1. The highest BCUT2D eigenvalue weighted by Crippen LogP contribution is 2.30. The monoisotopic (exact) mass is 469 g/mol. The Balaban J connectivity index is 1.72. The number of nitrogens with one attached hydrogen (secondary N) is 1. The van der Waals surface area contributed by atoms with Gasteiger partial charge >= 0.3 is 6.18 Å². The number of fused-ring (bicyclic) bond motifs is 1. The zero-order chi connectivity index (χ0) is 23.8. The fraction of sp³-hybridized carbons (Fsp3) is 0.125. The third-order valence-corrected chi connectivity index (χ3v) is 5.47. The predicted molar refractivity (Wildman–Crippen MR) is 122 cm³/mol. The molecule has 5 nitrogen and oxygen atoms in total. The van der Waals surface area contributed by atoms with Crippen LogP contribution in [0.1, 0.15) is 21.5 Å². The molecule has 0 aliphatic rings. The molecule has 0 fully saturated rings. The van der Waals surface area contributed by atoms with Gasteiger partial charge in [0.2, 0.25) is 0 Å². The lowest BCUT2D eigenvalue weighted by molar-refractivity contribution is -0.137. The Morgan fingerprint density at radius 2 is 1.76 bits per heavy atom. The SMILES string of the molecule is CN(Cc1ccccc1)C(=O)c1ccc2c(=O)n(-c3cccc(C(F)(F)F)c3)c(=S)[nH]c2c1. The quantitative estimate of drug-likeness (QED) is 0.411. The molecule has 4 aromatic rings. The summed E-state index contributed by atoms with van der Waals surface area (Å²) in [6, 6.07) is 18.4. The van der Waals surface area contributed by atoms with Gasteiger partial charge in [-0.1, -0.05) is 36.4 Å². The van der Waals surface area contributed by atoms with E-state index in [0.29, 0.717) is 17.6 Å². The van der Waals surface area contributed by atoms with Gasteiger partial charge in [-0.2, -0.15) is 13.2 Å². The minimum Gasteiger partial charge on any atom is -0.337 e. The minimum absolute atomic E-state index is 0.000669. The van der Waals surface area contributed by atoms with Crippen LogP contribution in [0.2, 0.25) is 0 Å². The van der Waals surface area contributed by atoms with E-state index in [0.717, 1.165) is 22.3 Å². The average Bonchev–Trinajstić information content (AvgIpc) is 2.78. The number of alkyl halides is 3. The summed E-state index contributed by atoms with van der Waals surface area (Å²) in [5.41, 5.74) is 0.182. The molecule has 33 heavy (non-hydrogen) atoms. The Bertz CT molecular complexity index is 1460. The number of benzene rings is 3. The molecule has 9 heteroatoms. The summed E-state index contributed by atoms with van der Waals surface area (Å²) >= 11 is 5.26. The summed E-state index contributed by atoms with van der Waals surface area (Å²) in [5, 5.41) is 0.197. The van der Waals surface area contributed by atoms with E-state index in [1.807, 2.05) is 30.3 Å². The third-order valence-electron chi connectivity index (χ3n) is 5.19. The van der Waals surface area contributed by atoms with E-state index in [-0.39, 0.29) is 21.8 Å². The van der Waals surface area contributed by atoms with Gasteiger partial charge in [-0.15, -0.1) is 0 Å². The number of aromatic amines is 1. The van der Waals surface area contributed by atoms with Crippen LogP contribution in [-0.4, -0.2) is 27.4 Å². The Morgan fingerprint density at radius 3 is 2.45 bits per heavy atom. The number of hydrogen-bond donors (Lipinski definition) is 1. The number of hydrogen-bond acceptors (Lipinski definition) is 3. The first-order valence-electron chi connectivity index (χ1n) is 9.91. The lowest BCUT2D eigenvalue weighted by Crippen LogP contribution is -2.26. The zero-order valence-electron chi connectivity index (χ0n) is 17.4. The molecule has 0 unspecified atom stereocenters. The highest BCUT2D eigenvalue weighted by molar-refractivity contribution is 7.71. The second kappa shape index (κ2) is 8.67. The van der Waals surface area contributed by atoms with Gasteiger partial charge in [0.1, 0.15) is 0 Å². The van der Waals surface area contributed by atoms with Crippen LogP contribution < -0.4 is 5.56 Å². The predicted octanol–water partition coefficient (Wildman–Crippen LogP) is 5.34. The summed E-state index contributed by atoms with van der Waals surface area (Å²) in [4.78, 5) is 30.4. The third kappa shape index (κ3) is 4.58. The smallest absolute Gasteiger partial charge is 0.337 e. The van der Waals surface area contributed by atoms with E-state index < -0.39 is 17.3 Å². The molecule has 0 aliphatic carbocycles. The molecule has 1 amide bonds. The summed E-state index contributed by atoms with van der Waals surface area (Å²) in [6.45, 7) is 0.408. The summed E-state index contributed by atoms with van der Waals surface area (Å²) < 4.78 is 40.2. The fourth-order valence-electron chi connectivity index (χ4n) is 3.56. The molecule has 4 rings (SSSR count). The van der Waals surface area contributed by atoms with E-state index in [1.54, 1.807) is 11.9 Å². The van der Waals surface area contributed by atoms with Crippen LogP contribution in [0.5, 0.6) is 0 Å². The lowest BCUT2D eigenvalue weighted by atomic mass is 10.1. The van der Waals surface area contributed by atoms with Crippen molar-refractivity contribution in [3.8, 4) is 5.69 Å². The van der Waals surface area contributed by atoms with Gasteiger partial charge in [-0.3, -0.25) is 14.2 Å². The maximum Gasteiger partial charge on any atom is 0.416 e. The Morgan fingerprint density at radius 1 is 1.03 bits per heavy atom. The first kappa shape index (κ1) is 22.5. The topological polar surface area (TPSA) is 58.1 Å². The molecule has 168 valence electrons. The van der Waals surface area contributed by atoms with Crippen molar-refractivity contribution in [2.24, 2.45) is 0 Å². The van der Waals surface area contributed by atoms with Crippen molar-refractivity contribution in [1.82, 2.24) is 14.5 Å². The van der Waals surface area contributed by atoms with Crippen molar-refractivity contribution in [3.05, 3.63) is 105 Å². The summed E-state index contributed by atoms with van der Waals surface area (Å²) in [7, 11) is 1.67. The molecule has 1 heterocycles. The highest BCUT2D eigenvalue weighted by Gasteiger charge is 2.30. The van der Waals surface area contributed by atoms with E-state index in [2.05, 4.69) is 4.98 Å². The van der Waals surface area contributed by atoms with Crippen LogP contribution in [0.25, 0.3) is 16.6 Å². The molecule has 1 N–H and O–H groups in total. The van der Waals surface area contributed by atoms with Gasteiger partial charge in [-0.05, 0) is 54.2 Å². The molecule has 0 spiro atoms. The second-order valence-corrected chi connectivity index (χ2v) is 7.91. The first-order chi connectivity index (χ1) is 15.6. The van der Waals surface area contributed by atoms with Crippen LogP contribution in [0, 0.1) is 4.77 Å². The van der Waals surface area contributed by atoms with Gasteiger partial charge in [-0.25, -0.2) is 0 Å². The van der Waals surface area contributed by atoms with Crippen molar-refractivity contribution in [1.29, 1.82) is 0 Å². The zero-order valence-corrected chi connectivity index (χ0v) is 18.2. The van der Waals surface area contributed by atoms with E-state index in [9.17, 15) is 22.8 Å². The molecular formula is C24H18F3N3O2S. The van der Waals surface area contributed by atoms with Crippen LogP contribution in [0.3, 0.4) is 0 Å². The van der Waals surface area contributed by atoms with Gasteiger partial charge in [0.05, 0.1) is 22.2 Å². The van der Waals surface area contributed by atoms with E-state index in [4.69, 9.17) is 12.2 Å². The molecule has 0 atom stereocenters. The molecule has 1 aromatic heterocycles. The number of nitrogens with zero attached hydrogens (tertiary/aromatic N) is 2. The Hall–Kier alpha value is -3.72. The number of carbonyl (C=O) groups excluding carboxylic acids is 1. The first-order valence-corrected chi connectivity index (χ1v) is 10.3. The van der Waals surface area contributed by atoms with Crippen molar-refractivity contribution < 1.29 is 18.0 Å². The molecular weight excluding hydrogens is 451 g/mol. The highest BCUT2D eigenvalue weighted by atomic mass is 32.1. The van der Waals surface area contributed by atoms with Gasteiger partial charge in [0, 0.05) is 19.2 Å². The normalized spacial score (nSPS) is 11.5. The molecule has 0 bridgehead atoms. The number of halogens is 3. The van der Waals surface area contributed by atoms with Crippen LogP contribution in [-0.2, 0) is 12.7 Å². The van der Waals surface area contributed by atoms with Gasteiger partial charge in [0.25, 0.3) is 11.5 Å². The molecule has 0 radical (unpaired) electrons. The van der Waals surface area contributed by atoms with Crippen LogP contribution in [0.15, 0.2) is 77.6 Å². The van der Waals surface area contributed by atoms with Crippen molar-refractivity contribution in [2.75, 3.05) is 7.05 Å². The Labute approximate surface area is 191 Å². The minimum atomic E-state index is -4.55. The number of amides is 1. The average molecular weight is 469 g/mol. The van der Waals surface area contributed by atoms with Crippen molar-refractivity contribution in [3.63, 3.8) is 0 Å². The lowest BCUT2D eigenvalue weighted by Gasteiger charge is -2.18. The number of H-pyrrole nitrogens is 1. The standard InChI is InChI=1S/C24H18F3N3O2S/c1-29(14-15-6-3-2-4-7-15)21(31)16-10-11-19-20(12-16)28-23(33)30(22(19)32)18-9-5-8-17(13-18)24(25,26)27/h2-13H,14H2,1H3,(H,28,33). The Kier molecular flexibility index (Phi) is 5.90. The summed E-state index contributed by atoms with van der Waals surface area (Å²) in [5.74, 6) is -0.248. The van der Waals surface area contributed by atoms with Gasteiger partial charge in [0.15, 0.2) is 4.77 Å². The number of rotatable bonds is 4. The van der Waals surface area contributed by atoms with Crippen molar-refractivity contribution in [2.45, 2.75) is 12.7 Å². The van der Waals surface area contributed by atoms with E-state index >= 15 is 0 Å². The second-order valence-electron chi connectivity index (χ2n) is 7.53. The van der Waals surface area contributed by atoms with Gasteiger partial charge < -0.3 is 9.88 Å². The number of carbonyl (C=O) groups is 1. The maximum absolute atomic E-state index is 13.1. The van der Waals surface area contributed by atoms with Crippen LogP contribution >= 0.6 is 12.2 Å². The van der Waals surface area contributed by atoms with E-state index in [1.165, 1.54) is 30.3 Å². The molecule has 0 aliphatic heterocycles.